The summed E-state index contributed by atoms with van der Waals surface area (Å²) in [6.45, 7) is 2.72. The van der Waals surface area contributed by atoms with E-state index in [4.69, 9.17) is 0 Å². The summed E-state index contributed by atoms with van der Waals surface area (Å²) in [5.74, 6) is 0. The van der Waals surface area contributed by atoms with Gasteiger partial charge in [-0.25, -0.2) is 0 Å². The Labute approximate surface area is 79.9 Å². The summed E-state index contributed by atoms with van der Waals surface area (Å²) in [4.78, 5) is 0. The van der Waals surface area contributed by atoms with Crippen LogP contribution in [0.5, 0.6) is 0 Å². The van der Waals surface area contributed by atoms with Crippen LogP contribution in [-0.2, 0) is 10.2 Å². The van der Waals surface area contributed by atoms with Crippen molar-refractivity contribution < 1.29 is 8.42 Å². The van der Waals surface area contributed by atoms with Crippen molar-refractivity contribution in [1.29, 1.82) is 0 Å². The fraction of sp³-hybridized carbons (Fsp3) is 1.00. The molecule has 1 N–H and O–H groups in total. The zero-order valence-electron chi connectivity index (χ0n) is 8.15. The zero-order chi connectivity index (χ0) is 9.90. The summed E-state index contributed by atoms with van der Waals surface area (Å²) >= 11 is 0. The van der Waals surface area contributed by atoms with Crippen molar-refractivity contribution in [2.45, 2.75) is 6.42 Å². The molecule has 1 fully saturated rings. The van der Waals surface area contributed by atoms with Gasteiger partial charge in [-0.3, -0.25) is 0 Å². The van der Waals surface area contributed by atoms with Crippen LogP contribution in [-0.4, -0.2) is 57.3 Å². The Morgan fingerprint density at radius 2 is 2.08 bits per heavy atom. The molecule has 0 aromatic heterocycles. The lowest BCUT2D eigenvalue weighted by atomic mass is 10.4. The Morgan fingerprint density at radius 1 is 1.38 bits per heavy atom. The number of hydrogen-bond acceptors (Lipinski definition) is 3. The number of nitrogens with one attached hydrogen (secondary N) is 1. The highest BCUT2D eigenvalue weighted by molar-refractivity contribution is 7.87. The molecule has 0 spiro atoms. The molecule has 0 aliphatic carbocycles. The number of likely N-dealkylation sites (N-methyl/N-ethyl adjacent to an activating group) is 1. The van der Waals surface area contributed by atoms with E-state index < -0.39 is 10.2 Å². The topological polar surface area (TPSA) is 52.6 Å². The second-order valence-corrected chi connectivity index (χ2v) is 5.22. The van der Waals surface area contributed by atoms with Crippen LogP contribution in [0.2, 0.25) is 0 Å². The molecule has 0 saturated carbocycles. The van der Waals surface area contributed by atoms with Crippen molar-refractivity contribution in [3.05, 3.63) is 0 Å². The van der Waals surface area contributed by atoms with E-state index in [1.165, 1.54) is 8.61 Å². The Hall–Kier alpha value is -0.170. The molecule has 0 bridgehead atoms. The molecule has 1 aliphatic heterocycles. The lowest BCUT2D eigenvalue weighted by molar-refractivity contribution is 0.437. The molecule has 0 unspecified atom stereocenters. The minimum absolute atomic E-state index is 0.613. The highest BCUT2D eigenvalue weighted by Crippen LogP contribution is 2.13. The normalized spacial score (nSPS) is 23.8. The van der Waals surface area contributed by atoms with Gasteiger partial charge in [0.2, 0.25) is 0 Å². The smallest absolute Gasteiger partial charge is 0.281 e. The molecular formula is C7H17N3O2S. The summed E-state index contributed by atoms with van der Waals surface area (Å²) in [5.41, 5.74) is 0. The van der Waals surface area contributed by atoms with Gasteiger partial charge in [-0.2, -0.15) is 17.0 Å². The fourth-order valence-electron chi connectivity index (χ4n) is 1.34. The molecule has 13 heavy (non-hydrogen) atoms. The van der Waals surface area contributed by atoms with Crippen molar-refractivity contribution in [3.8, 4) is 0 Å². The maximum atomic E-state index is 11.5. The first-order valence-electron chi connectivity index (χ1n) is 4.45. The number of rotatable bonds is 4. The maximum absolute atomic E-state index is 11.5. The second kappa shape index (κ2) is 4.36. The lowest BCUT2D eigenvalue weighted by Gasteiger charge is -2.15. The molecule has 5 nitrogen and oxygen atoms in total. The van der Waals surface area contributed by atoms with Gasteiger partial charge in [0.05, 0.1) is 0 Å². The van der Waals surface area contributed by atoms with Crippen molar-refractivity contribution in [2.75, 3.05) is 40.3 Å². The molecule has 1 aliphatic rings. The Balaban J connectivity index is 2.44. The summed E-state index contributed by atoms with van der Waals surface area (Å²) in [6.07, 6.45) is 0.865. The molecule has 1 heterocycles. The molecule has 0 aromatic carbocycles. The van der Waals surface area contributed by atoms with E-state index in [0.29, 0.717) is 19.6 Å². The van der Waals surface area contributed by atoms with Crippen LogP contribution < -0.4 is 5.32 Å². The second-order valence-electron chi connectivity index (χ2n) is 3.19. The van der Waals surface area contributed by atoms with Gasteiger partial charge >= 0.3 is 0 Å². The average Bonchev–Trinajstić information content (AvgIpc) is 2.32. The standard InChI is InChI=1S/C7H17N3O2S/c1-8-4-3-5-10-7-6-9(2)13(10,11)12/h8H,3-7H2,1-2H3. The van der Waals surface area contributed by atoms with E-state index in [1.54, 1.807) is 7.05 Å². The third-order valence-corrected chi connectivity index (χ3v) is 4.21. The molecule has 6 heteroatoms. The van der Waals surface area contributed by atoms with E-state index in [2.05, 4.69) is 5.32 Å². The van der Waals surface area contributed by atoms with Crippen LogP contribution in [0.1, 0.15) is 6.42 Å². The molecule has 78 valence electrons. The van der Waals surface area contributed by atoms with Crippen molar-refractivity contribution >= 4 is 10.2 Å². The van der Waals surface area contributed by atoms with Crippen LogP contribution >= 0.6 is 0 Å². The predicted octanol–water partition coefficient (Wildman–Crippen LogP) is -0.912. The molecule has 0 radical (unpaired) electrons. The monoisotopic (exact) mass is 207 g/mol. The predicted molar refractivity (Wildman–Crippen MR) is 51.7 cm³/mol. The minimum atomic E-state index is -3.11. The third-order valence-electron chi connectivity index (χ3n) is 2.22. The lowest BCUT2D eigenvalue weighted by Crippen LogP contribution is -2.32. The molecular weight excluding hydrogens is 190 g/mol. The van der Waals surface area contributed by atoms with E-state index in [-0.39, 0.29) is 0 Å². The Bertz CT molecular complexity index is 252. The van der Waals surface area contributed by atoms with E-state index in [1.807, 2.05) is 7.05 Å². The molecule has 1 saturated heterocycles. The van der Waals surface area contributed by atoms with E-state index in [0.717, 1.165) is 13.0 Å². The van der Waals surface area contributed by atoms with Gasteiger partial charge in [0.1, 0.15) is 0 Å². The summed E-state index contributed by atoms with van der Waals surface area (Å²) in [5, 5.41) is 3.00. The van der Waals surface area contributed by atoms with Crippen molar-refractivity contribution in [1.82, 2.24) is 13.9 Å². The largest absolute Gasteiger partial charge is 0.320 e. The van der Waals surface area contributed by atoms with Gasteiger partial charge in [-0.15, -0.1) is 0 Å². The van der Waals surface area contributed by atoms with Gasteiger partial charge in [0.25, 0.3) is 10.2 Å². The SMILES string of the molecule is CNCCCN1CCN(C)S1(=O)=O. The van der Waals surface area contributed by atoms with Crippen LogP contribution in [0.25, 0.3) is 0 Å². The van der Waals surface area contributed by atoms with Crippen LogP contribution in [0.3, 0.4) is 0 Å². The minimum Gasteiger partial charge on any atom is -0.320 e. The molecule has 0 aromatic rings. The van der Waals surface area contributed by atoms with Gasteiger partial charge in [0, 0.05) is 26.7 Å². The first-order chi connectivity index (χ1) is 6.09. The fourth-order valence-corrected chi connectivity index (χ4v) is 2.72. The maximum Gasteiger partial charge on any atom is 0.281 e. The van der Waals surface area contributed by atoms with Crippen LogP contribution in [0.15, 0.2) is 0 Å². The van der Waals surface area contributed by atoms with Gasteiger partial charge in [-0.05, 0) is 20.0 Å². The molecule has 1 rings (SSSR count). The highest BCUT2D eigenvalue weighted by atomic mass is 32.2. The number of nitrogens with zero attached hydrogens (tertiary/aromatic N) is 2. The first-order valence-corrected chi connectivity index (χ1v) is 5.84. The van der Waals surface area contributed by atoms with Crippen molar-refractivity contribution in [2.24, 2.45) is 0 Å². The van der Waals surface area contributed by atoms with E-state index in [9.17, 15) is 8.42 Å². The number of hydrogen-bond donors (Lipinski definition) is 1. The Kier molecular flexibility index (Phi) is 3.66. The first kappa shape index (κ1) is 10.9. The molecule has 0 atom stereocenters. The quantitative estimate of drug-likeness (QED) is 0.607. The highest BCUT2D eigenvalue weighted by Gasteiger charge is 2.32. The van der Waals surface area contributed by atoms with Crippen LogP contribution in [0, 0.1) is 0 Å². The Morgan fingerprint density at radius 3 is 2.54 bits per heavy atom. The van der Waals surface area contributed by atoms with Gasteiger partial charge in [-0.1, -0.05) is 0 Å². The van der Waals surface area contributed by atoms with Crippen molar-refractivity contribution in [3.63, 3.8) is 0 Å². The third kappa shape index (κ3) is 2.40. The molecule has 0 amide bonds. The van der Waals surface area contributed by atoms with Gasteiger partial charge < -0.3 is 5.32 Å². The average molecular weight is 207 g/mol. The van der Waals surface area contributed by atoms with E-state index >= 15 is 0 Å². The van der Waals surface area contributed by atoms with Gasteiger partial charge in [0.15, 0.2) is 0 Å². The summed E-state index contributed by atoms with van der Waals surface area (Å²) < 4.78 is 26.0. The zero-order valence-corrected chi connectivity index (χ0v) is 8.97. The summed E-state index contributed by atoms with van der Waals surface area (Å²) in [6, 6.07) is 0. The summed E-state index contributed by atoms with van der Waals surface area (Å²) in [7, 11) is 0.377. The van der Waals surface area contributed by atoms with Crippen LogP contribution in [0.4, 0.5) is 0 Å².